The van der Waals surface area contributed by atoms with E-state index in [0.717, 1.165) is 45.8 Å². The predicted molar refractivity (Wildman–Crippen MR) is 69.2 cm³/mol. The molecule has 0 aliphatic carbocycles. The van der Waals surface area contributed by atoms with Gasteiger partial charge in [-0.1, -0.05) is 0 Å². The van der Waals surface area contributed by atoms with E-state index in [2.05, 4.69) is 16.8 Å². The number of likely N-dealkylation sites (N-methyl/N-ethyl adjacent to an activating group) is 1. The van der Waals surface area contributed by atoms with Crippen LogP contribution in [0.25, 0.3) is 0 Å². The zero-order valence-corrected chi connectivity index (χ0v) is 11.4. The zero-order chi connectivity index (χ0) is 12.7. The molecule has 0 spiro atoms. The van der Waals surface area contributed by atoms with Crippen LogP contribution in [-0.2, 0) is 9.47 Å². The number of nitrogens with two attached hydrogens (primary N) is 1. The van der Waals surface area contributed by atoms with Gasteiger partial charge in [0, 0.05) is 45.9 Å². The number of rotatable bonds is 8. The molecule has 0 amide bonds. The van der Waals surface area contributed by atoms with E-state index < -0.39 is 0 Å². The summed E-state index contributed by atoms with van der Waals surface area (Å²) in [5, 5.41) is 0. The van der Waals surface area contributed by atoms with Crippen LogP contribution < -0.4 is 5.73 Å². The highest BCUT2D eigenvalue weighted by molar-refractivity contribution is 4.99. The molecule has 1 atom stereocenters. The molecule has 0 aromatic carbocycles. The van der Waals surface area contributed by atoms with Gasteiger partial charge in [0.15, 0.2) is 0 Å². The lowest BCUT2D eigenvalue weighted by Crippen LogP contribution is -2.57. The fourth-order valence-corrected chi connectivity index (χ4v) is 2.60. The van der Waals surface area contributed by atoms with Gasteiger partial charge in [0.1, 0.15) is 0 Å². The molecule has 1 unspecified atom stereocenters. The maximum Gasteiger partial charge on any atom is 0.0589 e. The molecule has 2 N–H and O–H groups in total. The molecule has 17 heavy (non-hydrogen) atoms. The van der Waals surface area contributed by atoms with E-state index in [-0.39, 0.29) is 5.54 Å². The van der Waals surface area contributed by atoms with Gasteiger partial charge in [-0.25, -0.2) is 0 Å². The highest BCUT2D eigenvalue weighted by Gasteiger charge is 2.40. The lowest BCUT2D eigenvalue weighted by atomic mass is 9.96. The Kier molecular flexibility index (Phi) is 6.37. The molecule has 5 heteroatoms. The highest BCUT2D eigenvalue weighted by Crippen LogP contribution is 2.26. The van der Waals surface area contributed by atoms with Gasteiger partial charge in [-0.2, -0.15) is 0 Å². The molecule has 0 bridgehead atoms. The van der Waals surface area contributed by atoms with Crippen molar-refractivity contribution in [3.63, 3.8) is 0 Å². The van der Waals surface area contributed by atoms with Crippen molar-refractivity contribution in [3.8, 4) is 0 Å². The molecular formula is C12H27N3O2. The maximum atomic E-state index is 6.03. The first-order valence-corrected chi connectivity index (χ1v) is 6.30. The second kappa shape index (κ2) is 7.28. The summed E-state index contributed by atoms with van der Waals surface area (Å²) in [6.07, 6.45) is 1.13. The molecule has 1 saturated heterocycles. The third-order valence-electron chi connectivity index (χ3n) is 3.70. The van der Waals surface area contributed by atoms with Gasteiger partial charge in [0.2, 0.25) is 0 Å². The molecule has 1 aliphatic rings. The van der Waals surface area contributed by atoms with Crippen LogP contribution in [-0.4, -0.2) is 82.5 Å². The molecule has 5 nitrogen and oxygen atoms in total. The minimum Gasteiger partial charge on any atom is -0.383 e. The summed E-state index contributed by atoms with van der Waals surface area (Å²) in [7, 11) is 5.64. The average molecular weight is 245 g/mol. The third kappa shape index (κ3) is 3.89. The van der Waals surface area contributed by atoms with Crippen LogP contribution in [0.2, 0.25) is 0 Å². The Hall–Kier alpha value is -0.200. The molecule has 0 radical (unpaired) electrons. The van der Waals surface area contributed by atoms with Crippen LogP contribution in [0.5, 0.6) is 0 Å². The monoisotopic (exact) mass is 245 g/mol. The van der Waals surface area contributed by atoms with E-state index in [0.29, 0.717) is 6.54 Å². The second-order valence-corrected chi connectivity index (χ2v) is 4.89. The molecule has 102 valence electrons. The Morgan fingerprint density at radius 3 is 2.18 bits per heavy atom. The third-order valence-corrected chi connectivity index (χ3v) is 3.70. The van der Waals surface area contributed by atoms with Gasteiger partial charge in [-0.3, -0.25) is 4.90 Å². The topological polar surface area (TPSA) is 51.0 Å². The van der Waals surface area contributed by atoms with Crippen molar-refractivity contribution < 1.29 is 9.47 Å². The van der Waals surface area contributed by atoms with Crippen molar-refractivity contribution in [2.45, 2.75) is 12.0 Å². The summed E-state index contributed by atoms with van der Waals surface area (Å²) in [5.74, 6) is 0. The first kappa shape index (κ1) is 14.9. The maximum absolute atomic E-state index is 6.03. The number of ether oxygens (including phenoxy) is 2. The lowest BCUT2D eigenvalue weighted by Gasteiger charge is -2.40. The van der Waals surface area contributed by atoms with Crippen molar-refractivity contribution in [1.82, 2.24) is 9.80 Å². The molecular weight excluding hydrogens is 218 g/mol. The fraction of sp³-hybridized carbons (Fsp3) is 1.00. The Bertz CT molecular complexity index is 208. The van der Waals surface area contributed by atoms with Gasteiger partial charge in [0.25, 0.3) is 0 Å². The van der Waals surface area contributed by atoms with Crippen molar-refractivity contribution in [1.29, 1.82) is 0 Å². The minimum atomic E-state index is 0.103. The summed E-state index contributed by atoms with van der Waals surface area (Å²) < 4.78 is 10.4. The van der Waals surface area contributed by atoms with Gasteiger partial charge in [0.05, 0.1) is 13.2 Å². The SMILES string of the molecule is COCCN(CCOC)C1(CN)CCN(C)C1. The number of nitrogens with zero attached hydrogens (tertiary/aromatic N) is 2. The van der Waals surface area contributed by atoms with Gasteiger partial charge >= 0.3 is 0 Å². The summed E-state index contributed by atoms with van der Waals surface area (Å²) in [4.78, 5) is 4.78. The van der Waals surface area contributed by atoms with Crippen LogP contribution in [0, 0.1) is 0 Å². The standard InChI is InChI=1S/C12H27N3O2/c1-14-5-4-12(10-13,11-14)15(6-8-16-2)7-9-17-3/h4-11,13H2,1-3H3. The number of likely N-dealkylation sites (tertiary alicyclic amines) is 1. The quantitative estimate of drug-likeness (QED) is 0.631. The Labute approximate surface area is 105 Å². The van der Waals surface area contributed by atoms with E-state index in [9.17, 15) is 0 Å². The van der Waals surface area contributed by atoms with Crippen molar-refractivity contribution in [2.75, 3.05) is 67.2 Å². The molecule has 0 aromatic heterocycles. The van der Waals surface area contributed by atoms with Gasteiger partial charge in [-0.05, 0) is 20.0 Å². The van der Waals surface area contributed by atoms with Crippen LogP contribution >= 0.6 is 0 Å². The van der Waals surface area contributed by atoms with E-state index in [1.807, 2.05) is 0 Å². The van der Waals surface area contributed by atoms with Crippen LogP contribution in [0.1, 0.15) is 6.42 Å². The number of hydrogen-bond donors (Lipinski definition) is 1. The summed E-state index contributed by atoms with van der Waals surface area (Å²) in [6.45, 7) is 6.19. The first-order valence-electron chi connectivity index (χ1n) is 6.30. The summed E-state index contributed by atoms with van der Waals surface area (Å²) >= 11 is 0. The molecule has 1 heterocycles. The van der Waals surface area contributed by atoms with Crippen LogP contribution in [0.3, 0.4) is 0 Å². The lowest BCUT2D eigenvalue weighted by molar-refractivity contribution is 0.0421. The van der Waals surface area contributed by atoms with Crippen molar-refractivity contribution in [2.24, 2.45) is 5.73 Å². The smallest absolute Gasteiger partial charge is 0.0589 e. The molecule has 1 aliphatic heterocycles. The Balaban J connectivity index is 2.63. The van der Waals surface area contributed by atoms with Crippen molar-refractivity contribution in [3.05, 3.63) is 0 Å². The van der Waals surface area contributed by atoms with Crippen LogP contribution in [0.4, 0.5) is 0 Å². The van der Waals surface area contributed by atoms with E-state index in [1.165, 1.54) is 0 Å². The second-order valence-electron chi connectivity index (χ2n) is 4.89. The summed E-state index contributed by atoms with van der Waals surface area (Å²) in [6, 6.07) is 0. The van der Waals surface area contributed by atoms with Gasteiger partial charge in [-0.15, -0.1) is 0 Å². The fourth-order valence-electron chi connectivity index (χ4n) is 2.60. The molecule has 1 rings (SSSR count). The average Bonchev–Trinajstić information content (AvgIpc) is 2.72. The Morgan fingerprint density at radius 1 is 1.24 bits per heavy atom. The molecule has 0 aromatic rings. The zero-order valence-electron chi connectivity index (χ0n) is 11.4. The van der Waals surface area contributed by atoms with E-state index in [1.54, 1.807) is 14.2 Å². The number of hydrogen-bond acceptors (Lipinski definition) is 5. The van der Waals surface area contributed by atoms with E-state index >= 15 is 0 Å². The largest absolute Gasteiger partial charge is 0.383 e. The van der Waals surface area contributed by atoms with Gasteiger partial charge < -0.3 is 20.1 Å². The molecule has 1 fully saturated rings. The minimum absolute atomic E-state index is 0.103. The predicted octanol–water partition coefficient (Wildman–Crippen LogP) is -0.386. The number of methoxy groups -OCH3 is 2. The summed E-state index contributed by atoms with van der Waals surface area (Å²) in [5.41, 5.74) is 6.13. The normalized spacial score (nSPS) is 25.9. The van der Waals surface area contributed by atoms with Crippen LogP contribution in [0.15, 0.2) is 0 Å². The first-order chi connectivity index (χ1) is 8.18. The van der Waals surface area contributed by atoms with E-state index in [4.69, 9.17) is 15.2 Å². The Morgan fingerprint density at radius 2 is 1.82 bits per heavy atom. The van der Waals surface area contributed by atoms with Crippen molar-refractivity contribution >= 4 is 0 Å². The molecule has 0 saturated carbocycles. The highest BCUT2D eigenvalue weighted by atomic mass is 16.5.